The summed E-state index contributed by atoms with van der Waals surface area (Å²) in [5.74, 6) is -0.133. The van der Waals surface area contributed by atoms with Crippen LogP contribution in [0.5, 0.6) is 0 Å². The van der Waals surface area contributed by atoms with E-state index in [1.54, 1.807) is 24.1 Å². The number of amides is 1. The summed E-state index contributed by atoms with van der Waals surface area (Å²) in [5, 5.41) is 3.27. The zero-order chi connectivity index (χ0) is 14.4. The molecule has 0 aliphatic heterocycles. The number of hydrogen-bond donors (Lipinski definition) is 1. The van der Waals surface area contributed by atoms with Crippen LogP contribution >= 0.6 is 0 Å². The van der Waals surface area contributed by atoms with Crippen LogP contribution < -0.4 is 5.32 Å². The Bertz CT molecular complexity index is 405. The lowest BCUT2D eigenvalue weighted by Gasteiger charge is -2.24. The minimum Gasteiger partial charge on any atom is -0.345 e. The zero-order valence-corrected chi connectivity index (χ0v) is 12.1. The van der Waals surface area contributed by atoms with Crippen molar-refractivity contribution in [2.45, 2.75) is 39.3 Å². The van der Waals surface area contributed by atoms with E-state index in [-0.39, 0.29) is 23.8 Å². The molecule has 1 rings (SSSR count). The van der Waals surface area contributed by atoms with Crippen molar-refractivity contribution in [3.63, 3.8) is 0 Å². The molecule has 1 amide bonds. The van der Waals surface area contributed by atoms with E-state index in [1.807, 2.05) is 20.8 Å². The van der Waals surface area contributed by atoms with Crippen LogP contribution in [0.15, 0.2) is 24.3 Å². The molecule has 2 atom stereocenters. The van der Waals surface area contributed by atoms with Gasteiger partial charge in [0.15, 0.2) is 0 Å². The Hall–Kier alpha value is -1.42. The van der Waals surface area contributed by atoms with Gasteiger partial charge < -0.3 is 10.2 Å². The highest BCUT2D eigenvalue weighted by molar-refractivity contribution is 5.81. The molecule has 2 unspecified atom stereocenters. The Balaban J connectivity index is 2.48. The van der Waals surface area contributed by atoms with E-state index >= 15 is 0 Å². The second-order valence-corrected chi connectivity index (χ2v) is 4.97. The van der Waals surface area contributed by atoms with E-state index in [9.17, 15) is 9.18 Å². The number of carbonyl (C=O) groups is 1. The van der Waals surface area contributed by atoms with Gasteiger partial charge >= 0.3 is 0 Å². The highest BCUT2D eigenvalue weighted by Gasteiger charge is 2.18. The molecule has 0 fully saturated rings. The number of carbonyl (C=O) groups excluding carboxylic acids is 1. The van der Waals surface area contributed by atoms with Crippen molar-refractivity contribution in [1.29, 1.82) is 0 Å². The van der Waals surface area contributed by atoms with Crippen molar-refractivity contribution in [2.24, 2.45) is 0 Å². The first kappa shape index (κ1) is 15.6. The summed E-state index contributed by atoms with van der Waals surface area (Å²) in [7, 11) is 1.80. The third kappa shape index (κ3) is 4.99. The smallest absolute Gasteiger partial charge is 0.239 e. The molecular formula is C15H23FN2O. The van der Waals surface area contributed by atoms with Crippen molar-refractivity contribution in [1.82, 2.24) is 10.2 Å². The van der Waals surface area contributed by atoms with E-state index in [2.05, 4.69) is 5.32 Å². The average molecular weight is 266 g/mol. The summed E-state index contributed by atoms with van der Waals surface area (Å²) in [6.07, 6.45) is 0.772. The molecular weight excluding hydrogens is 243 g/mol. The van der Waals surface area contributed by atoms with Crippen LogP contribution in [-0.2, 0) is 11.2 Å². The fourth-order valence-corrected chi connectivity index (χ4v) is 2.02. The minimum absolute atomic E-state index is 0.0912. The Labute approximate surface area is 114 Å². The van der Waals surface area contributed by atoms with Crippen LogP contribution in [0.4, 0.5) is 4.39 Å². The summed E-state index contributed by atoms with van der Waals surface area (Å²) in [6, 6.07) is 6.43. The summed E-state index contributed by atoms with van der Waals surface area (Å²) in [5.41, 5.74) is 1.06. The lowest BCUT2D eigenvalue weighted by Crippen LogP contribution is -2.46. The fraction of sp³-hybridized carbons (Fsp3) is 0.533. The molecule has 106 valence electrons. The van der Waals surface area contributed by atoms with Gasteiger partial charge in [0.1, 0.15) is 5.82 Å². The molecule has 0 spiro atoms. The van der Waals surface area contributed by atoms with Crippen molar-refractivity contribution < 1.29 is 9.18 Å². The highest BCUT2D eigenvalue weighted by Crippen LogP contribution is 2.06. The van der Waals surface area contributed by atoms with Crippen LogP contribution in [0.1, 0.15) is 26.3 Å². The molecule has 4 heteroatoms. The second kappa shape index (κ2) is 7.24. The second-order valence-electron chi connectivity index (χ2n) is 4.97. The van der Waals surface area contributed by atoms with Crippen LogP contribution in [0.2, 0.25) is 0 Å². The van der Waals surface area contributed by atoms with Crippen LogP contribution in [0.25, 0.3) is 0 Å². The first-order chi connectivity index (χ1) is 8.93. The Morgan fingerprint density at radius 2 is 1.89 bits per heavy atom. The average Bonchev–Trinajstić information content (AvgIpc) is 2.39. The van der Waals surface area contributed by atoms with Gasteiger partial charge in [0.2, 0.25) is 5.91 Å². The monoisotopic (exact) mass is 266 g/mol. The quantitative estimate of drug-likeness (QED) is 0.856. The number of halogens is 1. The molecule has 0 aromatic heterocycles. The van der Waals surface area contributed by atoms with Crippen LogP contribution in [0, 0.1) is 5.82 Å². The molecule has 0 radical (unpaired) electrons. The normalized spacial score (nSPS) is 13.9. The van der Waals surface area contributed by atoms with Gasteiger partial charge in [-0.25, -0.2) is 4.39 Å². The van der Waals surface area contributed by atoms with E-state index in [0.717, 1.165) is 12.0 Å². The standard InChI is InChI=1S/C15H23FN2O/c1-5-18(4)15(19)12(3)17-11(2)10-13-6-8-14(16)9-7-13/h6-9,11-12,17H,5,10H2,1-4H3. The molecule has 0 aliphatic rings. The molecule has 0 aliphatic carbocycles. The number of nitrogens with one attached hydrogen (secondary N) is 1. The maximum Gasteiger partial charge on any atom is 0.239 e. The first-order valence-electron chi connectivity index (χ1n) is 6.69. The molecule has 1 aromatic rings. The summed E-state index contributed by atoms with van der Waals surface area (Å²) >= 11 is 0. The van der Waals surface area contributed by atoms with Gasteiger partial charge in [0.25, 0.3) is 0 Å². The lowest BCUT2D eigenvalue weighted by atomic mass is 10.1. The predicted octanol–water partition coefficient (Wildman–Crippen LogP) is 2.21. The SMILES string of the molecule is CCN(C)C(=O)C(C)NC(C)Cc1ccc(F)cc1. The molecule has 0 heterocycles. The maximum absolute atomic E-state index is 12.8. The number of nitrogens with zero attached hydrogens (tertiary/aromatic N) is 1. The maximum atomic E-state index is 12.8. The number of benzene rings is 1. The Kier molecular flexibility index (Phi) is 5.96. The summed E-state index contributed by atoms with van der Waals surface area (Å²) in [6.45, 7) is 6.55. The largest absolute Gasteiger partial charge is 0.345 e. The minimum atomic E-state index is -0.225. The predicted molar refractivity (Wildman–Crippen MR) is 75.5 cm³/mol. The van der Waals surface area contributed by atoms with Gasteiger partial charge in [0, 0.05) is 19.6 Å². The number of rotatable bonds is 6. The Morgan fingerprint density at radius 1 is 1.32 bits per heavy atom. The van der Waals surface area contributed by atoms with E-state index in [1.165, 1.54) is 12.1 Å². The van der Waals surface area contributed by atoms with Gasteiger partial charge in [-0.1, -0.05) is 12.1 Å². The van der Waals surface area contributed by atoms with E-state index in [0.29, 0.717) is 6.54 Å². The number of likely N-dealkylation sites (N-methyl/N-ethyl adjacent to an activating group) is 1. The zero-order valence-electron chi connectivity index (χ0n) is 12.1. The third-order valence-electron chi connectivity index (χ3n) is 3.21. The highest BCUT2D eigenvalue weighted by atomic mass is 19.1. The Morgan fingerprint density at radius 3 is 2.42 bits per heavy atom. The molecule has 3 nitrogen and oxygen atoms in total. The van der Waals surface area contributed by atoms with E-state index in [4.69, 9.17) is 0 Å². The van der Waals surface area contributed by atoms with Gasteiger partial charge in [-0.2, -0.15) is 0 Å². The fourth-order valence-electron chi connectivity index (χ4n) is 2.02. The topological polar surface area (TPSA) is 32.3 Å². The van der Waals surface area contributed by atoms with Gasteiger partial charge in [-0.15, -0.1) is 0 Å². The molecule has 0 saturated carbocycles. The van der Waals surface area contributed by atoms with Crippen molar-refractivity contribution >= 4 is 5.91 Å². The van der Waals surface area contributed by atoms with Gasteiger partial charge in [-0.3, -0.25) is 4.79 Å². The molecule has 1 aromatic carbocycles. The van der Waals surface area contributed by atoms with Crippen molar-refractivity contribution in [2.75, 3.05) is 13.6 Å². The first-order valence-corrected chi connectivity index (χ1v) is 6.69. The lowest BCUT2D eigenvalue weighted by molar-refractivity contribution is -0.131. The molecule has 1 N–H and O–H groups in total. The van der Waals surface area contributed by atoms with Gasteiger partial charge in [0.05, 0.1) is 6.04 Å². The summed E-state index contributed by atoms with van der Waals surface area (Å²) < 4.78 is 12.8. The third-order valence-corrected chi connectivity index (χ3v) is 3.21. The van der Waals surface area contributed by atoms with Crippen molar-refractivity contribution in [3.05, 3.63) is 35.6 Å². The molecule has 0 saturated heterocycles. The van der Waals surface area contributed by atoms with Gasteiger partial charge in [-0.05, 0) is 44.9 Å². The molecule has 0 bridgehead atoms. The summed E-state index contributed by atoms with van der Waals surface area (Å²) in [4.78, 5) is 13.6. The van der Waals surface area contributed by atoms with Crippen LogP contribution in [-0.4, -0.2) is 36.5 Å². The van der Waals surface area contributed by atoms with Crippen LogP contribution in [0.3, 0.4) is 0 Å². The van der Waals surface area contributed by atoms with Crippen molar-refractivity contribution in [3.8, 4) is 0 Å². The molecule has 19 heavy (non-hydrogen) atoms. The van der Waals surface area contributed by atoms with E-state index < -0.39 is 0 Å². The number of hydrogen-bond acceptors (Lipinski definition) is 2.